The van der Waals surface area contributed by atoms with Gasteiger partial charge in [-0.25, -0.2) is 0 Å². The van der Waals surface area contributed by atoms with Crippen LogP contribution in [0.4, 0.5) is 0 Å². The fourth-order valence-corrected chi connectivity index (χ4v) is 3.89. The maximum absolute atomic E-state index is 10.8. The molecular formula is C15H22O2. The first-order valence-corrected chi connectivity index (χ1v) is 6.70. The summed E-state index contributed by atoms with van der Waals surface area (Å²) in [5.74, 6) is 0.640. The number of rotatable bonds is 0. The fraction of sp³-hybridized carbons (Fsp3) is 0.733. The minimum Gasteiger partial charge on any atom is -0.382 e. The van der Waals surface area contributed by atoms with Crippen molar-refractivity contribution < 1.29 is 9.84 Å². The van der Waals surface area contributed by atoms with Crippen molar-refractivity contribution >= 4 is 0 Å². The molecule has 2 heteroatoms. The zero-order valence-electron chi connectivity index (χ0n) is 10.8. The van der Waals surface area contributed by atoms with E-state index in [2.05, 4.69) is 26.5 Å². The molecule has 0 amide bonds. The summed E-state index contributed by atoms with van der Waals surface area (Å²) in [6.07, 6.45) is 6.54. The van der Waals surface area contributed by atoms with Gasteiger partial charge in [0, 0.05) is 0 Å². The topological polar surface area (TPSA) is 29.5 Å². The van der Waals surface area contributed by atoms with Crippen molar-refractivity contribution in [2.24, 2.45) is 11.3 Å². The van der Waals surface area contributed by atoms with E-state index in [1.807, 2.05) is 0 Å². The molecule has 17 heavy (non-hydrogen) atoms. The van der Waals surface area contributed by atoms with Gasteiger partial charge in [0.15, 0.2) is 0 Å². The summed E-state index contributed by atoms with van der Waals surface area (Å²) in [4.78, 5) is 0. The van der Waals surface area contributed by atoms with Gasteiger partial charge in [0.2, 0.25) is 0 Å². The molecule has 0 spiro atoms. The summed E-state index contributed by atoms with van der Waals surface area (Å²) in [5, 5.41) is 10.8. The van der Waals surface area contributed by atoms with E-state index >= 15 is 0 Å². The lowest BCUT2D eigenvalue weighted by Crippen LogP contribution is -2.50. The normalized spacial score (nSPS) is 49.6. The van der Waals surface area contributed by atoms with Gasteiger partial charge in [0.05, 0.1) is 6.61 Å². The lowest BCUT2D eigenvalue weighted by molar-refractivity contribution is -0.0510. The van der Waals surface area contributed by atoms with Crippen LogP contribution in [-0.2, 0) is 4.74 Å². The van der Waals surface area contributed by atoms with Gasteiger partial charge in [0.25, 0.3) is 0 Å². The van der Waals surface area contributed by atoms with Gasteiger partial charge in [0.1, 0.15) is 11.7 Å². The Kier molecular flexibility index (Phi) is 2.34. The molecule has 2 nitrogen and oxygen atoms in total. The molecule has 3 rings (SSSR count). The van der Waals surface area contributed by atoms with Gasteiger partial charge in [-0.2, -0.15) is 0 Å². The number of ether oxygens (including phenoxy) is 1. The molecule has 0 unspecified atom stereocenters. The highest BCUT2D eigenvalue weighted by atomic mass is 16.5. The first kappa shape index (κ1) is 11.5. The molecule has 2 fully saturated rings. The smallest absolute Gasteiger partial charge is 0.118 e. The zero-order valence-corrected chi connectivity index (χ0v) is 10.8. The van der Waals surface area contributed by atoms with Crippen molar-refractivity contribution in [2.75, 3.05) is 6.61 Å². The molecule has 0 bridgehead atoms. The van der Waals surface area contributed by atoms with Gasteiger partial charge in [-0.05, 0) is 42.6 Å². The Morgan fingerprint density at radius 3 is 3.06 bits per heavy atom. The van der Waals surface area contributed by atoms with E-state index in [1.54, 1.807) is 0 Å². The first-order valence-electron chi connectivity index (χ1n) is 6.70. The van der Waals surface area contributed by atoms with Gasteiger partial charge in [-0.3, -0.25) is 0 Å². The summed E-state index contributed by atoms with van der Waals surface area (Å²) in [7, 11) is 0. The molecule has 94 valence electrons. The highest BCUT2D eigenvalue weighted by Crippen LogP contribution is 2.56. The predicted molar refractivity (Wildman–Crippen MR) is 67.7 cm³/mol. The maximum Gasteiger partial charge on any atom is 0.118 e. The van der Waals surface area contributed by atoms with Crippen LogP contribution in [0.2, 0.25) is 0 Å². The molecule has 2 aliphatic carbocycles. The Morgan fingerprint density at radius 2 is 2.29 bits per heavy atom. The SMILES string of the molecule is C=C1CO[C@H]2C=C3CCC[C@H](C)[C@@]3(C)C[C@@]12O. The van der Waals surface area contributed by atoms with Crippen LogP contribution in [0.5, 0.6) is 0 Å². The lowest BCUT2D eigenvalue weighted by Gasteiger charge is -2.50. The molecule has 3 aliphatic rings. The fourth-order valence-electron chi connectivity index (χ4n) is 3.89. The molecule has 0 aromatic rings. The minimum atomic E-state index is -0.816. The molecule has 1 aliphatic heterocycles. The van der Waals surface area contributed by atoms with Crippen molar-refractivity contribution in [1.29, 1.82) is 0 Å². The summed E-state index contributed by atoms with van der Waals surface area (Å²) < 4.78 is 5.68. The predicted octanol–water partition coefficient (Wildman–Crippen LogP) is 2.83. The highest BCUT2D eigenvalue weighted by Gasteiger charge is 2.55. The lowest BCUT2D eigenvalue weighted by atomic mass is 9.56. The van der Waals surface area contributed by atoms with E-state index < -0.39 is 5.60 Å². The van der Waals surface area contributed by atoms with Crippen LogP contribution in [0.15, 0.2) is 23.8 Å². The number of hydrogen-bond donors (Lipinski definition) is 1. The third-order valence-electron chi connectivity index (χ3n) is 5.41. The molecule has 1 N–H and O–H groups in total. The van der Waals surface area contributed by atoms with Gasteiger partial charge in [-0.1, -0.05) is 32.1 Å². The quantitative estimate of drug-likeness (QED) is 0.653. The molecule has 0 aromatic heterocycles. The first-order chi connectivity index (χ1) is 7.97. The Bertz CT molecular complexity index is 398. The van der Waals surface area contributed by atoms with Crippen molar-refractivity contribution in [3.63, 3.8) is 0 Å². The van der Waals surface area contributed by atoms with E-state index in [9.17, 15) is 5.11 Å². The van der Waals surface area contributed by atoms with Gasteiger partial charge < -0.3 is 9.84 Å². The molecule has 1 saturated heterocycles. The summed E-state index contributed by atoms with van der Waals surface area (Å²) >= 11 is 0. The van der Waals surface area contributed by atoms with Crippen LogP contribution in [-0.4, -0.2) is 23.4 Å². The van der Waals surface area contributed by atoms with Crippen molar-refractivity contribution in [2.45, 2.75) is 51.2 Å². The van der Waals surface area contributed by atoms with Crippen LogP contribution in [0.25, 0.3) is 0 Å². The third kappa shape index (κ3) is 1.40. The van der Waals surface area contributed by atoms with E-state index in [0.717, 1.165) is 12.0 Å². The molecule has 1 heterocycles. The number of hydrogen-bond acceptors (Lipinski definition) is 2. The second kappa shape index (κ2) is 3.46. The van der Waals surface area contributed by atoms with Crippen LogP contribution < -0.4 is 0 Å². The summed E-state index contributed by atoms with van der Waals surface area (Å²) in [6, 6.07) is 0. The van der Waals surface area contributed by atoms with Crippen LogP contribution in [0.3, 0.4) is 0 Å². The Morgan fingerprint density at radius 1 is 1.53 bits per heavy atom. The zero-order chi connectivity index (χ0) is 12.3. The van der Waals surface area contributed by atoms with E-state index in [-0.39, 0.29) is 11.5 Å². The summed E-state index contributed by atoms with van der Waals surface area (Å²) in [5.41, 5.74) is 1.68. The second-order valence-corrected chi connectivity index (χ2v) is 6.34. The standard InChI is InChI=1S/C15H22O2/c1-10-5-4-6-12-7-13-15(16,9-14(10,12)3)11(2)8-17-13/h7,10,13,16H,2,4-6,8-9H2,1,3H3/t10-,13-,14+,15+/m0/s1. The Hall–Kier alpha value is -0.600. The summed E-state index contributed by atoms with van der Waals surface area (Å²) in [6.45, 7) is 9.13. The molecule has 0 aromatic carbocycles. The number of allylic oxidation sites excluding steroid dienone is 1. The largest absolute Gasteiger partial charge is 0.382 e. The second-order valence-electron chi connectivity index (χ2n) is 6.34. The van der Waals surface area contributed by atoms with E-state index in [1.165, 1.54) is 24.8 Å². The van der Waals surface area contributed by atoms with Gasteiger partial charge in [-0.15, -0.1) is 0 Å². The van der Waals surface area contributed by atoms with Gasteiger partial charge >= 0.3 is 0 Å². The highest BCUT2D eigenvalue weighted by molar-refractivity contribution is 5.35. The third-order valence-corrected chi connectivity index (χ3v) is 5.41. The average Bonchev–Trinajstić information content (AvgIpc) is 2.54. The Balaban J connectivity index is 2.05. The van der Waals surface area contributed by atoms with Crippen molar-refractivity contribution in [1.82, 2.24) is 0 Å². The average molecular weight is 234 g/mol. The maximum atomic E-state index is 10.8. The molecule has 0 radical (unpaired) electrons. The minimum absolute atomic E-state index is 0.139. The van der Waals surface area contributed by atoms with Crippen molar-refractivity contribution in [3.8, 4) is 0 Å². The number of fused-ring (bicyclic) bond motifs is 2. The molecule has 4 atom stereocenters. The van der Waals surface area contributed by atoms with Crippen LogP contribution >= 0.6 is 0 Å². The van der Waals surface area contributed by atoms with E-state index in [0.29, 0.717) is 12.5 Å². The van der Waals surface area contributed by atoms with Crippen molar-refractivity contribution in [3.05, 3.63) is 23.8 Å². The monoisotopic (exact) mass is 234 g/mol. The molecule has 1 saturated carbocycles. The Labute approximate surface area is 103 Å². The number of aliphatic hydroxyl groups is 1. The van der Waals surface area contributed by atoms with Crippen LogP contribution in [0.1, 0.15) is 39.5 Å². The molecular weight excluding hydrogens is 212 g/mol. The van der Waals surface area contributed by atoms with Crippen LogP contribution in [0, 0.1) is 11.3 Å². The van der Waals surface area contributed by atoms with E-state index in [4.69, 9.17) is 4.74 Å².